The van der Waals surface area contributed by atoms with Crippen LogP contribution in [-0.2, 0) is 0 Å². The van der Waals surface area contributed by atoms with Gasteiger partial charge in [-0.2, -0.15) is 0 Å². The zero-order valence-corrected chi connectivity index (χ0v) is 1.71. The van der Waals surface area contributed by atoms with E-state index in [4.69, 9.17) is 15.3 Å². The molecule has 0 spiro atoms. The predicted molar refractivity (Wildman–Crippen MR) is 15.9 cm³/mol. The van der Waals surface area contributed by atoms with Gasteiger partial charge in [-0.3, -0.25) is 0 Å². The summed E-state index contributed by atoms with van der Waals surface area (Å²) >= 11 is 0. The first-order chi connectivity index (χ1) is 1.73. The van der Waals surface area contributed by atoms with Crippen LogP contribution in [0.1, 0.15) is 0 Å². The zero-order chi connectivity index (χ0) is 3.58. The van der Waals surface area contributed by atoms with Crippen molar-refractivity contribution in [1.82, 2.24) is 0 Å². The van der Waals surface area contributed by atoms with E-state index in [-0.39, 0.29) is 29.6 Å². The van der Waals surface area contributed by atoms with Gasteiger partial charge < -0.3 is 5.21 Å². The normalized spacial score (nSPS) is 4.80. The molecule has 0 aromatic heterocycles. The molecule has 0 fully saturated rings. The second kappa shape index (κ2) is 4.20. The fourth-order valence-corrected chi connectivity index (χ4v) is 0. The van der Waals surface area contributed by atoms with Crippen LogP contribution in [0.2, 0.25) is 0 Å². The van der Waals surface area contributed by atoms with Crippen LogP contribution in [0.15, 0.2) is 0 Å². The van der Waals surface area contributed by atoms with Gasteiger partial charge in [0.1, 0.15) is 0 Å². The van der Waals surface area contributed by atoms with Gasteiger partial charge in [0, 0.05) is 0 Å². The third-order valence-corrected chi connectivity index (χ3v) is 0. The van der Waals surface area contributed by atoms with Gasteiger partial charge in [0.25, 0.3) is 5.09 Å². The minimum absolute atomic E-state index is 0. The average molecular weight is 87.0 g/mol. The summed E-state index contributed by atoms with van der Waals surface area (Å²) in [7, 11) is 0. The maximum atomic E-state index is 8.36. The first kappa shape index (κ1) is 8.96. The van der Waals surface area contributed by atoms with E-state index in [1.807, 2.05) is 0 Å². The third-order valence-electron chi connectivity index (χ3n) is 0. The molecular weight excluding hydrogens is 85.0 g/mol. The van der Waals surface area contributed by atoms with E-state index in [2.05, 4.69) is 0 Å². The molecule has 4 nitrogen and oxygen atoms in total. The first-order valence-electron chi connectivity index (χ1n) is 0.565. The molecule has 5 heteroatoms. The van der Waals surface area contributed by atoms with Crippen molar-refractivity contribution in [2.45, 2.75) is 0 Å². The summed E-state index contributed by atoms with van der Waals surface area (Å²) in [5.41, 5.74) is 0. The van der Waals surface area contributed by atoms with Crippen molar-refractivity contribution in [3.05, 3.63) is 10.1 Å². The van der Waals surface area contributed by atoms with Gasteiger partial charge in [-0.1, -0.05) is 0 Å². The Morgan fingerprint density at radius 1 is 1.80 bits per heavy atom. The van der Waals surface area contributed by atoms with Gasteiger partial charge in [-0.25, -0.2) is 0 Å². The standard InChI is InChI=1S/HNO3.Na.H/c2-1(3)4;;/h(H,2,3,4);;. The van der Waals surface area contributed by atoms with Crippen molar-refractivity contribution >= 4 is 29.6 Å². The Balaban J connectivity index is 0. The van der Waals surface area contributed by atoms with Crippen LogP contribution in [0.5, 0.6) is 0 Å². The van der Waals surface area contributed by atoms with E-state index in [9.17, 15) is 0 Å². The maximum absolute atomic E-state index is 8.36. The quantitative estimate of drug-likeness (QED) is 0.234. The fourth-order valence-electron chi connectivity index (χ4n) is 0. The number of rotatable bonds is 0. The molecule has 0 aromatic rings. The van der Waals surface area contributed by atoms with Crippen molar-refractivity contribution in [2.75, 3.05) is 0 Å². The van der Waals surface area contributed by atoms with Crippen LogP contribution in [0, 0.1) is 10.1 Å². The Bertz CT molecular complexity index is 29.9. The van der Waals surface area contributed by atoms with Crippen LogP contribution in [0.3, 0.4) is 0 Å². The van der Waals surface area contributed by atoms with Crippen molar-refractivity contribution in [3.63, 3.8) is 0 Å². The van der Waals surface area contributed by atoms with Crippen molar-refractivity contribution in [2.24, 2.45) is 0 Å². The SMILES string of the molecule is O=[N+]([O-])O.[NaH]. The third kappa shape index (κ3) is 508. The van der Waals surface area contributed by atoms with Crippen LogP contribution in [0.4, 0.5) is 0 Å². The molecule has 0 heterocycles. The molecule has 0 aromatic carbocycles. The average Bonchev–Trinajstić information content (AvgIpc) is 0.811. The molecule has 0 aliphatic heterocycles. The van der Waals surface area contributed by atoms with Crippen molar-refractivity contribution in [3.8, 4) is 0 Å². The summed E-state index contributed by atoms with van der Waals surface area (Å²) in [5, 5.41) is 13.6. The minimum atomic E-state index is -1.50. The molecule has 0 aliphatic rings. The van der Waals surface area contributed by atoms with Gasteiger partial charge in [-0.05, 0) is 0 Å². The molecule has 0 saturated heterocycles. The Kier molecular flexibility index (Phi) is 7.52. The van der Waals surface area contributed by atoms with Crippen LogP contribution in [-0.4, -0.2) is 39.9 Å². The summed E-state index contributed by atoms with van der Waals surface area (Å²) in [6.07, 6.45) is 0. The van der Waals surface area contributed by atoms with E-state index >= 15 is 0 Å². The van der Waals surface area contributed by atoms with E-state index < -0.39 is 5.09 Å². The number of nitrogens with zero attached hydrogens (tertiary/aromatic N) is 1. The summed E-state index contributed by atoms with van der Waals surface area (Å²) in [4.78, 5) is 8.36. The second-order valence-electron chi connectivity index (χ2n) is 0.238. The Morgan fingerprint density at radius 2 is 1.80 bits per heavy atom. The molecular formula is H2NNaO3. The molecule has 0 atom stereocenters. The molecule has 0 radical (unpaired) electrons. The molecule has 5 heavy (non-hydrogen) atoms. The zero-order valence-electron chi connectivity index (χ0n) is 1.71. The van der Waals surface area contributed by atoms with Gasteiger partial charge in [0.15, 0.2) is 0 Å². The number of hydrogen-bond acceptors (Lipinski definition) is 2. The molecule has 0 rings (SSSR count). The molecule has 26 valence electrons. The van der Waals surface area contributed by atoms with Crippen LogP contribution in [0.25, 0.3) is 0 Å². The van der Waals surface area contributed by atoms with Gasteiger partial charge in [-0.15, -0.1) is 10.1 Å². The van der Waals surface area contributed by atoms with Gasteiger partial charge in [0.05, 0.1) is 0 Å². The van der Waals surface area contributed by atoms with E-state index in [1.165, 1.54) is 0 Å². The molecule has 1 N–H and O–H groups in total. The Labute approximate surface area is 50.2 Å². The summed E-state index contributed by atoms with van der Waals surface area (Å²) < 4.78 is 0. The first-order valence-corrected chi connectivity index (χ1v) is 0.565. The van der Waals surface area contributed by atoms with Gasteiger partial charge >= 0.3 is 29.6 Å². The monoisotopic (exact) mass is 87.0 g/mol. The Morgan fingerprint density at radius 3 is 1.80 bits per heavy atom. The van der Waals surface area contributed by atoms with Crippen molar-refractivity contribution in [1.29, 1.82) is 0 Å². The molecule has 0 unspecified atom stereocenters. The predicted octanol–water partition coefficient (Wildman–Crippen LogP) is -0.996. The fraction of sp³-hybridized carbons (Fsp3) is 0. The summed E-state index contributed by atoms with van der Waals surface area (Å²) in [5.74, 6) is 0. The van der Waals surface area contributed by atoms with Crippen LogP contribution < -0.4 is 0 Å². The van der Waals surface area contributed by atoms with Crippen LogP contribution >= 0.6 is 0 Å². The summed E-state index contributed by atoms with van der Waals surface area (Å²) in [6.45, 7) is 0. The van der Waals surface area contributed by atoms with E-state index in [1.54, 1.807) is 0 Å². The molecule has 0 saturated carbocycles. The Hall–Kier alpha value is 0.200. The molecule has 0 aliphatic carbocycles. The van der Waals surface area contributed by atoms with Gasteiger partial charge in [0.2, 0.25) is 0 Å². The van der Waals surface area contributed by atoms with E-state index in [0.29, 0.717) is 0 Å². The number of hydrogen-bond donors (Lipinski definition) is 1. The van der Waals surface area contributed by atoms with Crippen molar-refractivity contribution < 1.29 is 10.3 Å². The molecule has 0 bridgehead atoms. The van der Waals surface area contributed by atoms with E-state index in [0.717, 1.165) is 0 Å². The topological polar surface area (TPSA) is 63.4 Å². The summed E-state index contributed by atoms with van der Waals surface area (Å²) in [6, 6.07) is 0. The molecule has 0 amide bonds. The second-order valence-corrected chi connectivity index (χ2v) is 0.238.